The van der Waals surface area contributed by atoms with Crippen molar-refractivity contribution in [1.29, 1.82) is 0 Å². The van der Waals surface area contributed by atoms with E-state index in [0.29, 0.717) is 6.04 Å². The fraction of sp³-hybridized carbons (Fsp3) is 0.467. The minimum atomic E-state index is 0.292. The molecule has 0 aromatic heterocycles. The lowest BCUT2D eigenvalue weighted by molar-refractivity contribution is 0.542. The SMILES string of the molecule is C#CCC(NCCC)c1ccc(SCC)cc1. The first-order chi connectivity index (χ1) is 8.31. The van der Waals surface area contributed by atoms with Crippen molar-refractivity contribution in [1.82, 2.24) is 5.32 Å². The van der Waals surface area contributed by atoms with E-state index in [9.17, 15) is 0 Å². The summed E-state index contributed by atoms with van der Waals surface area (Å²) in [4.78, 5) is 1.33. The Balaban J connectivity index is 2.69. The second-order valence-corrected chi connectivity index (χ2v) is 5.25. The van der Waals surface area contributed by atoms with Gasteiger partial charge in [-0.05, 0) is 36.4 Å². The Hall–Kier alpha value is -0.910. The minimum absolute atomic E-state index is 0.292. The maximum atomic E-state index is 5.42. The van der Waals surface area contributed by atoms with E-state index in [1.807, 2.05) is 11.8 Å². The smallest absolute Gasteiger partial charge is 0.0430 e. The maximum absolute atomic E-state index is 5.42. The molecule has 0 saturated carbocycles. The number of hydrogen-bond donors (Lipinski definition) is 1. The van der Waals surface area contributed by atoms with Crippen LogP contribution < -0.4 is 5.32 Å². The first-order valence-corrected chi connectivity index (χ1v) is 7.20. The Kier molecular flexibility index (Phi) is 6.84. The van der Waals surface area contributed by atoms with Gasteiger partial charge in [0.2, 0.25) is 0 Å². The lowest BCUT2D eigenvalue weighted by atomic mass is 10.0. The third-order valence-electron chi connectivity index (χ3n) is 2.56. The van der Waals surface area contributed by atoms with Crippen LogP contribution in [0.25, 0.3) is 0 Å². The molecule has 0 saturated heterocycles. The highest BCUT2D eigenvalue weighted by atomic mass is 32.2. The Morgan fingerprint density at radius 1 is 1.29 bits per heavy atom. The van der Waals surface area contributed by atoms with E-state index in [-0.39, 0.29) is 0 Å². The van der Waals surface area contributed by atoms with Gasteiger partial charge in [-0.25, -0.2) is 0 Å². The lowest BCUT2D eigenvalue weighted by Gasteiger charge is -2.16. The molecule has 0 fully saturated rings. The standard InChI is InChI=1S/C15H21NS/c1-4-7-15(16-12-5-2)13-8-10-14(11-9-13)17-6-3/h1,8-11,15-16H,5-7,12H2,2-3H3. The van der Waals surface area contributed by atoms with Crippen molar-refractivity contribution in [3.8, 4) is 12.3 Å². The van der Waals surface area contributed by atoms with Crippen molar-refractivity contribution >= 4 is 11.8 Å². The molecular formula is C15H21NS. The summed E-state index contributed by atoms with van der Waals surface area (Å²) in [5.41, 5.74) is 1.29. The quantitative estimate of drug-likeness (QED) is 0.580. The zero-order valence-corrected chi connectivity index (χ0v) is 11.5. The number of thioether (sulfide) groups is 1. The van der Waals surface area contributed by atoms with Gasteiger partial charge in [0.15, 0.2) is 0 Å². The van der Waals surface area contributed by atoms with Gasteiger partial charge in [0, 0.05) is 17.4 Å². The maximum Gasteiger partial charge on any atom is 0.0430 e. The van der Waals surface area contributed by atoms with Crippen LogP contribution in [-0.2, 0) is 0 Å². The molecular weight excluding hydrogens is 226 g/mol. The first kappa shape index (κ1) is 14.2. The van der Waals surface area contributed by atoms with Gasteiger partial charge < -0.3 is 5.32 Å². The van der Waals surface area contributed by atoms with Crippen molar-refractivity contribution < 1.29 is 0 Å². The lowest BCUT2D eigenvalue weighted by Crippen LogP contribution is -2.21. The van der Waals surface area contributed by atoms with Crippen LogP contribution in [0.4, 0.5) is 0 Å². The van der Waals surface area contributed by atoms with Gasteiger partial charge in [-0.15, -0.1) is 24.1 Å². The second kappa shape index (κ2) is 8.22. The van der Waals surface area contributed by atoms with Gasteiger partial charge in [-0.1, -0.05) is 26.0 Å². The van der Waals surface area contributed by atoms with Crippen molar-refractivity contribution in [2.45, 2.75) is 37.6 Å². The van der Waals surface area contributed by atoms with Crippen LogP contribution in [0.3, 0.4) is 0 Å². The van der Waals surface area contributed by atoms with Crippen LogP contribution in [0.1, 0.15) is 38.3 Å². The van der Waals surface area contributed by atoms with Gasteiger partial charge in [-0.3, -0.25) is 0 Å². The van der Waals surface area contributed by atoms with E-state index in [4.69, 9.17) is 6.42 Å². The second-order valence-electron chi connectivity index (χ2n) is 3.92. The first-order valence-electron chi connectivity index (χ1n) is 6.21. The third-order valence-corrected chi connectivity index (χ3v) is 3.45. The molecule has 1 aromatic rings. The van der Waals surface area contributed by atoms with Gasteiger partial charge in [0.1, 0.15) is 0 Å². The molecule has 0 radical (unpaired) electrons. The molecule has 0 heterocycles. The van der Waals surface area contributed by atoms with Crippen molar-refractivity contribution in [3.05, 3.63) is 29.8 Å². The van der Waals surface area contributed by atoms with Crippen LogP contribution in [-0.4, -0.2) is 12.3 Å². The normalized spacial score (nSPS) is 12.1. The molecule has 1 unspecified atom stereocenters. The molecule has 17 heavy (non-hydrogen) atoms. The van der Waals surface area contributed by atoms with Crippen LogP contribution in [0.5, 0.6) is 0 Å². The molecule has 0 amide bonds. The van der Waals surface area contributed by atoms with E-state index in [1.165, 1.54) is 10.5 Å². The molecule has 0 aliphatic carbocycles. The van der Waals surface area contributed by atoms with Crippen LogP contribution in [0, 0.1) is 12.3 Å². The zero-order valence-electron chi connectivity index (χ0n) is 10.7. The molecule has 2 heteroatoms. The van der Waals surface area contributed by atoms with Gasteiger partial charge in [-0.2, -0.15) is 0 Å². The number of terminal acetylenes is 1. The summed E-state index contributed by atoms with van der Waals surface area (Å²) < 4.78 is 0. The van der Waals surface area contributed by atoms with E-state index >= 15 is 0 Å². The molecule has 1 atom stereocenters. The summed E-state index contributed by atoms with van der Waals surface area (Å²) in [6.45, 7) is 5.35. The highest BCUT2D eigenvalue weighted by molar-refractivity contribution is 7.99. The largest absolute Gasteiger partial charge is 0.309 e. The predicted octanol–water partition coefficient (Wildman–Crippen LogP) is 3.86. The van der Waals surface area contributed by atoms with Crippen LogP contribution in [0.2, 0.25) is 0 Å². The molecule has 1 N–H and O–H groups in total. The van der Waals surface area contributed by atoms with E-state index < -0.39 is 0 Å². The Morgan fingerprint density at radius 3 is 2.53 bits per heavy atom. The van der Waals surface area contributed by atoms with Crippen molar-refractivity contribution in [3.63, 3.8) is 0 Å². The summed E-state index contributed by atoms with van der Waals surface area (Å²) >= 11 is 1.87. The van der Waals surface area contributed by atoms with E-state index in [0.717, 1.165) is 25.1 Å². The molecule has 0 spiro atoms. The number of rotatable bonds is 7. The van der Waals surface area contributed by atoms with Crippen LogP contribution >= 0.6 is 11.8 Å². The fourth-order valence-electron chi connectivity index (χ4n) is 1.71. The monoisotopic (exact) mass is 247 g/mol. The average Bonchev–Trinajstić information content (AvgIpc) is 2.36. The summed E-state index contributed by atoms with van der Waals surface area (Å²) in [6.07, 6.45) is 7.30. The molecule has 1 nitrogen and oxygen atoms in total. The van der Waals surface area contributed by atoms with Crippen molar-refractivity contribution in [2.75, 3.05) is 12.3 Å². The molecule has 92 valence electrons. The minimum Gasteiger partial charge on any atom is -0.309 e. The molecule has 1 aromatic carbocycles. The Morgan fingerprint density at radius 2 is 2.00 bits per heavy atom. The highest BCUT2D eigenvalue weighted by Crippen LogP contribution is 2.22. The molecule has 0 aliphatic rings. The topological polar surface area (TPSA) is 12.0 Å². The van der Waals surface area contributed by atoms with Gasteiger partial charge >= 0.3 is 0 Å². The fourth-order valence-corrected chi connectivity index (χ4v) is 2.37. The summed E-state index contributed by atoms with van der Waals surface area (Å²) in [5.74, 6) is 3.86. The Labute approximate surface area is 109 Å². The molecule has 1 rings (SSSR count). The van der Waals surface area contributed by atoms with E-state index in [2.05, 4.69) is 49.4 Å². The van der Waals surface area contributed by atoms with Crippen molar-refractivity contribution in [2.24, 2.45) is 0 Å². The van der Waals surface area contributed by atoms with Gasteiger partial charge in [0.25, 0.3) is 0 Å². The Bertz CT molecular complexity index is 350. The molecule has 0 bridgehead atoms. The van der Waals surface area contributed by atoms with Gasteiger partial charge in [0.05, 0.1) is 0 Å². The summed E-state index contributed by atoms with van der Waals surface area (Å²) in [5, 5.41) is 3.49. The third kappa shape index (κ3) is 4.85. The number of nitrogens with one attached hydrogen (secondary N) is 1. The predicted molar refractivity (Wildman–Crippen MR) is 77.3 cm³/mol. The average molecular weight is 247 g/mol. The molecule has 0 aliphatic heterocycles. The zero-order chi connectivity index (χ0) is 12.5. The summed E-state index contributed by atoms with van der Waals surface area (Å²) in [6, 6.07) is 9.02. The number of benzene rings is 1. The summed E-state index contributed by atoms with van der Waals surface area (Å²) in [7, 11) is 0. The number of hydrogen-bond acceptors (Lipinski definition) is 2. The highest BCUT2D eigenvalue weighted by Gasteiger charge is 2.08. The van der Waals surface area contributed by atoms with E-state index in [1.54, 1.807) is 0 Å². The van der Waals surface area contributed by atoms with Crippen LogP contribution in [0.15, 0.2) is 29.2 Å².